The average Bonchev–Trinajstić information content (AvgIpc) is 2.57. The van der Waals surface area contributed by atoms with Crippen LogP contribution in [-0.2, 0) is 21.0 Å². The molecule has 2 aromatic rings. The molecule has 0 bridgehead atoms. The molecular weight excluding hydrogens is 431 g/mol. The van der Waals surface area contributed by atoms with Crippen LogP contribution >= 0.6 is 11.6 Å². The molecule has 5 nitrogen and oxygen atoms in total. The second-order valence-corrected chi connectivity index (χ2v) is 8.03. The van der Waals surface area contributed by atoms with Crippen molar-refractivity contribution in [2.75, 3.05) is 18.9 Å². The first-order valence-electron chi connectivity index (χ1n) is 7.40. The zero-order chi connectivity index (χ0) is 21.3. The first kappa shape index (κ1) is 22.1. The molecule has 0 saturated carbocycles. The summed E-state index contributed by atoms with van der Waals surface area (Å²) >= 11 is 5.46. The largest absolute Gasteiger partial charge is 0.417 e. The fraction of sp³-hybridized carbons (Fsp3) is 0.188. The van der Waals surface area contributed by atoms with E-state index in [2.05, 4.69) is 5.32 Å². The molecule has 0 saturated heterocycles. The number of nitrogens with zero attached hydrogens (tertiary/aromatic N) is 1. The van der Waals surface area contributed by atoms with Gasteiger partial charge >= 0.3 is 6.18 Å². The Balaban J connectivity index is 2.19. The summed E-state index contributed by atoms with van der Waals surface area (Å²) in [5.41, 5.74) is -1.46. The van der Waals surface area contributed by atoms with Gasteiger partial charge in [-0.1, -0.05) is 11.6 Å². The topological polar surface area (TPSA) is 66.5 Å². The molecule has 28 heavy (non-hydrogen) atoms. The molecule has 1 N–H and O–H groups in total. The fourth-order valence-corrected chi connectivity index (χ4v) is 3.50. The lowest BCUT2D eigenvalue weighted by Crippen LogP contribution is -2.35. The van der Waals surface area contributed by atoms with E-state index < -0.39 is 55.8 Å². The third kappa shape index (κ3) is 4.97. The van der Waals surface area contributed by atoms with Crippen molar-refractivity contribution in [1.29, 1.82) is 0 Å². The Morgan fingerprint density at radius 3 is 2.32 bits per heavy atom. The van der Waals surface area contributed by atoms with Gasteiger partial charge in [-0.3, -0.25) is 4.79 Å². The van der Waals surface area contributed by atoms with Crippen LogP contribution < -0.4 is 5.32 Å². The number of hydrogen-bond donors (Lipinski definition) is 1. The summed E-state index contributed by atoms with van der Waals surface area (Å²) in [5, 5.41) is 1.48. The fourth-order valence-electron chi connectivity index (χ4n) is 2.12. The minimum atomic E-state index is -4.87. The van der Waals surface area contributed by atoms with Crippen LogP contribution in [0.5, 0.6) is 0 Å². The van der Waals surface area contributed by atoms with E-state index >= 15 is 0 Å². The van der Waals surface area contributed by atoms with Crippen molar-refractivity contribution in [2.24, 2.45) is 0 Å². The molecule has 0 aliphatic rings. The quantitative estimate of drug-likeness (QED) is 0.714. The normalized spacial score (nSPS) is 12.3. The summed E-state index contributed by atoms with van der Waals surface area (Å²) in [6.07, 6.45) is -4.87. The highest BCUT2D eigenvalue weighted by atomic mass is 35.5. The molecule has 0 fully saturated rings. The summed E-state index contributed by atoms with van der Waals surface area (Å²) in [7, 11) is -3.49. The molecule has 0 heterocycles. The van der Waals surface area contributed by atoms with Crippen molar-refractivity contribution >= 4 is 33.2 Å². The predicted octanol–water partition coefficient (Wildman–Crippen LogP) is 3.90. The van der Waals surface area contributed by atoms with Gasteiger partial charge in [-0.05, 0) is 30.3 Å². The van der Waals surface area contributed by atoms with Crippen molar-refractivity contribution in [2.45, 2.75) is 11.1 Å². The molecule has 2 rings (SSSR count). The molecule has 1 amide bonds. The van der Waals surface area contributed by atoms with E-state index in [1.807, 2.05) is 0 Å². The van der Waals surface area contributed by atoms with Crippen LogP contribution in [0.1, 0.15) is 5.56 Å². The Morgan fingerprint density at radius 2 is 1.75 bits per heavy atom. The van der Waals surface area contributed by atoms with Gasteiger partial charge in [0.1, 0.15) is 0 Å². The third-order valence-electron chi connectivity index (χ3n) is 3.52. The molecule has 0 aliphatic heterocycles. The highest BCUT2D eigenvalue weighted by molar-refractivity contribution is 7.89. The molecule has 0 atom stereocenters. The Hall–Kier alpha value is -2.24. The average molecular weight is 443 g/mol. The van der Waals surface area contributed by atoms with Gasteiger partial charge in [0.05, 0.1) is 22.0 Å². The molecule has 2 aromatic carbocycles. The highest BCUT2D eigenvalue weighted by Gasteiger charge is 2.35. The zero-order valence-electron chi connectivity index (χ0n) is 14.0. The van der Waals surface area contributed by atoms with Crippen molar-refractivity contribution in [1.82, 2.24) is 4.31 Å². The molecule has 0 aliphatic carbocycles. The standard InChI is InChI=1S/C16H12ClF5N2O3S/c1-24(8-15(25)23-9-2-5-13(18)14(19)6-9)28(26,27)10-3-4-12(17)11(7-10)16(20,21)22/h2-7H,8H2,1H3,(H,23,25). The third-order valence-corrected chi connectivity index (χ3v) is 5.65. The summed E-state index contributed by atoms with van der Waals surface area (Å²) < 4.78 is 90.1. The van der Waals surface area contributed by atoms with Gasteiger partial charge in [0.15, 0.2) is 11.6 Å². The number of anilines is 1. The number of rotatable bonds is 5. The summed E-state index contributed by atoms with van der Waals surface area (Å²) in [6, 6.07) is 4.53. The molecule has 12 heteroatoms. The molecule has 0 spiro atoms. The van der Waals surface area contributed by atoms with Gasteiger partial charge < -0.3 is 5.32 Å². The second-order valence-electron chi connectivity index (χ2n) is 5.58. The highest BCUT2D eigenvalue weighted by Crippen LogP contribution is 2.36. The van der Waals surface area contributed by atoms with Crippen molar-refractivity contribution in [3.05, 3.63) is 58.6 Å². The van der Waals surface area contributed by atoms with Gasteiger partial charge in [-0.25, -0.2) is 17.2 Å². The Morgan fingerprint density at radius 1 is 1.11 bits per heavy atom. The van der Waals surface area contributed by atoms with E-state index in [0.717, 1.165) is 31.3 Å². The lowest BCUT2D eigenvalue weighted by molar-refractivity contribution is -0.137. The van der Waals surface area contributed by atoms with Crippen LogP contribution in [0.15, 0.2) is 41.3 Å². The first-order valence-corrected chi connectivity index (χ1v) is 9.22. The number of sulfonamides is 1. The smallest absolute Gasteiger partial charge is 0.325 e. The molecular formula is C16H12ClF5N2O3S. The molecule has 0 aromatic heterocycles. The lowest BCUT2D eigenvalue weighted by Gasteiger charge is -2.18. The Kier molecular flexibility index (Phi) is 6.31. The summed E-state index contributed by atoms with van der Waals surface area (Å²) in [6.45, 7) is -0.786. The maximum absolute atomic E-state index is 13.1. The van der Waals surface area contributed by atoms with E-state index in [0.29, 0.717) is 16.4 Å². The van der Waals surface area contributed by atoms with Crippen molar-refractivity contribution in [3.63, 3.8) is 0 Å². The van der Waals surface area contributed by atoms with Gasteiger partial charge in [-0.15, -0.1) is 0 Å². The summed E-state index contributed by atoms with van der Waals surface area (Å²) in [5.74, 6) is -3.28. The summed E-state index contributed by atoms with van der Waals surface area (Å²) in [4.78, 5) is 11.2. The minimum Gasteiger partial charge on any atom is -0.325 e. The lowest BCUT2D eigenvalue weighted by atomic mass is 10.2. The van der Waals surface area contributed by atoms with Crippen LogP contribution in [-0.4, -0.2) is 32.2 Å². The minimum absolute atomic E-state index is 0.124. The van der Waals surface area contributed by atoms with E-state index in [-0.39, 0.29) is 5.69 Å². The number of carbonyl (C=O) groups excluding carboxylic acids is 1. The number of nitrogens with one attached hydrogen (secondary N) is 1. The molecule has 0 unspecified atom stereocenters. The molecule has 152 valence electrons. The van der Waals surface area contributed by atoms with E-state index in [4.69, 9.17) is 11.6 Å². The molecule has 0 radical (unpaired) electrons. The Labute approximate surface area is 161 Å². The van der Waals surface area contributed by atoms with Crippen molar-refractivity contribution in [3.8, 4) is 0 Å². The van der Waals surface area contributed by atoms with Gasteiger partial charge in [0.2, 0.25) is 15.9 Å². The van der Waals surface area contributed by atoms with E-state index in [9.17, 15) is 35.2 Å². The predicted molar refractivity (Wildman–Crippen MR) is 91.3 cm³/mol. The van der Waals surface area contributed by atoms with Crippen LogP contribution in [0.3, 0.4) is 0 Å². The van der Waals surface area contributed by atoms with Gasteiger partial charge in [-0.2, -0.15) is 17.5 Å². The number of carbonyl (C=O) groups is 1. The number of hydrogen-bond acceptors (Lipinski definition) is 3. The zero-order valence-corrected chi connectivity index (χ0v) is 15.6. The van der Waals surface area contributed by atoms with Crippen LogP contribution in [0.4, 0.5) is 27.6 Å². The van der Waals surface area contributed by atoms with E-state index in [1.54, 1.807) is 0 Å². The number of halogens is 6. The SMILES string of the molecule is CN(CC(=O)Nc1ccc(F)c(F)c1)S(=O)(=O)c1ccc(Cl)c(C(F)(F)F)c1. The Bertz CT molecular complexity index is 1010. The van der Waals surface area contributed by atoms with Gasteiger partial charge in [0, 0.05) is 18.8 Å². The monoisotopic (exact) mass is 442 g/mol. The van der Waals surface area contributed by atoms with Crippen molar-refractivity contribution < 1.29 is 35.2 Å². The van der Waals surface area contributed by atoms with Gasteiger partial charge in [0.25, 0.3) is 0 Å². The van der Waals surface area contributed by atoms with E-state index in [1.165, 1.54) is 0 Å². The number of benzene rings is 2. The number of alkyl halides is 3. The number of amides is 1. The second kappa shape index (κ2) is 8.02. The maximum Gasteiger partial charge on any atom is 0.417 e. The number of likely N-dealkylation sites (N-methyl/N-ethyl adjacent to an activating group) is 1. The first-order chi connectivity index (χ1) is 12.8. The van der Waals surface area contributed by atoms with Crippen LogP contribution in [0.2, 0.25) is 5.02 Å². The maximum atomic E-state index is 13.1. The van der Waals surface area contributed by atoms with Crippen LogP contribution in [0.25, 0.3) is 0 Å². The van der Waals surface area contributed by atoms with Crippen LogP contribution in [0, 0.1) is 11.6 Å².